The molecule has 4 nitrogen and oxygen atoms in total. The van der Waals surface area contributed by atoms with Crippen molar-refractivity contribution in [3.63, 3.8) is 0 Å². The highest BCUT2D eigenvalue weighted by molar-refractivity contribution is 6.00. The number of hydrogen-bond donors (Lipinski definition) is 1. The predicted octanol–water partition coefficient (Wildman–Crippen LogP) is 4.72. The number of hydrogen-bond acceptors (Lipinski definition) is 3. The van der Waals surface area contributed by atoms with Crippen LogP contribution in [0.5, 0.6) is 0 Å². The number of rotatable bonds is 6. The standard InChI is InChI=1S/C17H16O2.C5H8O2/c1-2-15(17(18)19)16(13-9-5-3-6-10-13)14-11-7-4-8-12-14;1-3-5(6)7-4-2/h3-12H,2H2,1H3,(H,18,19);3H,1,4H2,2H3. The second-order valence-electron chi connectivity index (χ2n) is 5.20. The monoisotopic (exact) mass is 352 g/mol. The summed E-state index contributed by atoms with van der Waals surface area (Å²) in [6, 6.07) is 19.3. The van der Waals surface area contributed by atoms with Crippen LogP contribution in [0.1, 0.15) is 31.4 Å². The lowest BCUT2D eigenvalue weighted by molar-refractivity contribution is -0.137. The summed E-state index contributed by atoms with van der Waals surface area (Å²) < 4.78 is 4.43. The van der Waals surface area contributed by atoms with Crippen molar-refractivity contribution in [1.82, 2.24) is 0 Å². The van der Waals surface area contributed by atoms with Crippen LogP contribution in [0.15, 0.2) is 78.9 Å². The molecular weight excluding hydrogens is 328 g/mol. The maximum absolute atomic E-state index is 11.5. The van der Waals surface area contributed by atoms with Gasteiger partial charge in [0.1, 0.15) is 0 Å². The number of carboxylic acids is 1. The van der Waals surface area contributed by atoms with Crippen molar-refractivity contribution in [2.45, 2.75) is 20.3 Å². The number of carbonyl (C=O) groups excluding carboxylic acids is 1. The van der Waals surface area contributed by atoms with Crippen molar-refractivity contribution >= 4 is 17.5 Å². The second-order valence-corrected chi connectivity index (χ2v) is 5.20. The fraction of sp³-hybridized carbons (Fsp3) is 0.182. The van der Waals surface area contributed by atoms with Crippen molar-refractivity contribution in [1.29, 1.82) is 0 Å². The molecule has 2 aromatic carbocycles. The maximum Gasteiger partial charge on any atom is 0.332 e. The molecule has 4 heteroatoms. The van der Waals surface area contributed by atoms with E-state index in [-0.39, 0.29) is 5.97 Å². The molecule has 136 valence electrons. The van der Waals surface area contributed by atoms with E-state index in [0.717, 1.165) is 22.8 Å². The average Bonchev–Trinajstić information content (AvgIpc) is 2.67. The van der Waals surface area contributed by atoms with Gasteiger partial charge < -0.3 is 9.84 Å². The van der Waals surface area contributed by atoms with Crippen LogP contribution in [0.3, 0.4) is 0 Å². The number of carbonyl (C=O) groups is 2. The van der Waals surface area contributed by atoms with Gasteiger partial charge in [-0.05, 0) is 30.0 Å². The first kappa shape index (κ1) is 20.9. The predicted molar refractivity (Wildman–Crippen MR) is 104 cm³/mol. The van der Waals surface area contributed by atoms with Crippen molar-refractivity contribution in [3.8, 4) is 0 Å². The zero-order valence-electron chi connectivity index (χ0n) is 15.1. The number of esters is 1. The quantitative estimate of drug-likeness (QED) is 0.603. The van der Waals surface area contributed by atoms with Crippen molar-refractivity contribution in [3.05, 3.63) is 90.0 Å². The summed E-state index contributed by atoms with van der Waals surface area (Å²) in [6.45, 7) is 7.25. The van der Waals surface area contributed by atoms with Crippen LogP contribution in [0.25, 0.3) is 5.57 Å². The molecule has 0 aliphatic carbocycles. The Labute approximate surface area is 154 Å². The van der Waals surface area contributed by atoms with E-state index in [1.807, 2.05) is 67.6 Å². The summed E-state index contributed by atoms with van der Waals surface area (Å²) in [7, 11) is 0. The highest BCUT2D eigenvalue weighted by Crippen LogP contribution is 2.28. The molecule has 0 bridgehead atoms. The lowest BCUT2D eigenvalue weighted by Gasteiger charge is -2.12. The smallest absolute Gasteiger partial charge is 0.332 e. The van der Waals surface area contributed by atoms with E-state index in [2.05, 4.69) is 11.3 Å². The summed E-state index contributed by atoms with van der Waals surface area (Å²) in [5.74, 6) is -1.22. The molecule has 0 saturated carbocycles. The molecule has 0 heterocycles. The molecule has 0 aliphatic heterocycles. The normalized spacial score (nSPS) is 9.31. The molecule has 0 aliphatic rings. The van der Waals surface area contributed by atoms with E-state index in [9.17, 15) is 14.7 Å². The first-order valence-corrected chi connectivity index (χ1v) is 8.41. The zero-order valence-corrected chi connectivity index (χ0v) is 15.1. The SMILES string of the molecule is C=CC(=O)OCC.CCC(C(=O)O)=C(c1ccccc1)c1ccccc1. The molecule has 1 N–H and O–H groups in total. The number of benzene rings is 2. The van der Waals surface area contributed by atoms with E-state index < -0.39 is 5.97 Å². The average molecular weight is 352 g/mol. The van der Waals surface area contributed by atoms with E-state index in [4.69, 9.17) is 0 Å². The van der Waals surface area contributed by atoms with Crippen LogP contribution in [0.2, 0.25) is 0 Å². The third-order valence-electron chi connectivity index (χ3n) is 3.49. The van der Waals surface area contributed by atoms with Crippen molar-refractivity contribution in [2.24, 2.45) is 0 Å². The Morgan fingerprint density at radius 1 is 0.962 bits per heavy atom. The molecule has 0 atom stereocenters. The summed E-state index contributed by atoms with van der Waals surface area (Å²) in [4.78, 5) is 21.5. The molecule has 0 radical (unpaired) electrons. The molecule has 0 unspecified atom stereocenters. The van der Waals surface area contributed by atoms with Gasteiger partial charge in [-0.1, -0.05) is 74.2 Å². The van der Waals surface area contributed by atoms with Crippen LogP contribution < -0.4 is 0 Å². The summed E-state index contributed by atoms with van der Waals surface area (Å²) in [5.41, 5.74) is 3.12. The van der Waals surface area contributed by atoms with Crippen LogP contribution in [0, 0.1) is 0 Å². The van der Waals surface area contributed by atoms with Gasteiger partial charge in [-0.3, -0.25) is 0 Å². The van der Waals surface area contributed by atoms with Gasteiger partial charge in [-0.2, -0.15) is 0 Å². The van der Waals surface area contributed by atoms with Gasteiger partial charge in [0.15, 0.2) is 0 Å². The van der Waals surface area contributed by atoms with E-state index in [0.29, 0.717) is 18.6 Å². The third kappa shape index (κ3) is 6.40. The largest absolute Gasteiger partial charge is 0.478 e. The first-order chi connectivity index (χ1) is 12.5. The Kier molecular flexibility index (Phi) is 9.18. The fourth-order valence-electron chi connectivity index (χ4n) is 2.36. The summed E-state index contributed by atoms with van der Waals surface area (Å²) >= 11 is 0. The Bertz CT molecular complexity index is 705. The minimum atomic E-state index is -0.856. The Morgan fingerprint density at radius 2 is 1.42 bits per heavy atom. The maximum atomic E-state index is 11.5. The van der Waals surface area contributed by atoms with Crippen LogP contribution >= 0.6 is 0 Å². The van der Waals surface area contributed by atoms with Crippen LogP contribution in [0.4, 0.5) is 0 Å². The van der Waals surface area contributed by atoms with E-state index in [1.54, 1.807) is 6.92 Å². The van der Waals surface area contributed by atoms with Crippen LogP contribution in [-0.4, -0.2) is 23.7 Å². The van der Waals surface area contributed by atoms with E-state index >= 15 is 0 Å². The minimum Gasteiger partial charge on any atom is -0.478 e. The van der Waals surface area contributed by atoms with Crippen molar-refractivity contribution in [2.75, 3.05) is 6.61 Å². The van der Waals surface area contributed by atoms with Gasteiger partial charge in [-0.15, -0.1) is 0 Å². The highest BCUT2D eigenvalue weighted by atomic mass is 16.5. The Morgan fingerprint density at radius 3 is 1.69 bits per heavy atom. The number of ether oxygens (including phenoxy) is 1. The molecular formula is C22H24O4. The third-order valence-corrected chi connectivity index (χ3v) is 3.49. The van der Waals surface area contributed by atoms with Gasteiger partial charge >= 0.3 is 11.9 Å². The Hall–Kier alpha value is -3.14. The lowest BCUT2D eigenvalue weighted by Crippen LogP contribution is -2.04. The van der Waals surface area contributed by atoms with E-state index in [1.165, 1.54) is 0 Å². The number of aliphatic carboxylic acids is 1. The molecule has 26 heavy (non-hydrogen) atoms. The molecule has 0 saturated heterocycles. The number of carboxylic acid groups (broad SMARTS) is 1. The Balaban J connectivity index is 0.000000412. The lowest BCUT2D eigenvalue weighted by atomic mass is 9.92. The molecule has 0 amide bonds. The second kappa shape index (κ2) is 11.4. The van der Waals surface area contributed by atoms with Crippen LogP contribution in [-0.2, 0) is 14.3 Å². The molecule has 2 rings (SSSR count). The van der Waals surface area contributed by atoms with Crippen molar-refractivity contribution < 1.29 is 19.4 Å². The van der Waals surface area contributed by atoms with Gasteiger partial charge in [0.05, 0.1) is 6.61 Å². The first-order valence-electron chi connectivity index (χ1n) is 8.41. The van der Waals surface area contributed by atoms with Gasteiger partial charge in [-0.25, -0.2) is 9.59 Å². The minimum absolute atomic E-state index is 0.359. The summed E-state index contributed by atoms with van der Waals surface area (Å²) in [5, 5.41) is 9.41. The highest BCUT2D eigenvalue weighted by Gasteiger charge is 2.15. The zero-order chi connectivity index (χ0) is 19.4. The topological polar surface area (TPSA) is 63.6 Å². The molecule has 0 spiro atoms. The summed E-state index contributed by atoms with van der Waals surface area (Å²) in [6.07, 6.45) is 1.64. The fourth-order valence-corrected chi connectivity index (χ4v) is 2.36. The van der Waals surface area contributed by atoms with Gasteiger partial charge in [0.2, 0.25) is 0 Å². The molecule has 2 aromatic rings. The van der Waals surface area contributed by atoms with Gasteiger partial charge in [0.25, 0.3) is 0 Å². The van der Waals surface area contributed by atoms with Gasteiger partial charge in [0, 0.05) is 11.6 Å². The molecule has 0 aromatic heterocycles. The molecule has 0 fully saturated rings.